The lowest BCUT2D eigenvalue weighted by molar-refractivity contribution is 0.152. The highest BCUT2D eigenvalue weighted by molar-refractivity contribution is 5.20. The second-order valence-corrected chi connectivity index (χ2v) is 3.57. The van der Waals surface area contributed by atoms with Gasteiger partial charge in [-0.15, -0.1) is 0 Å². The number of hydrogen-bond acceptors (Lipinski definition) is 1. The van der Waals surface area contributed by atoms with Crippen LogP contribution in [0.1, 0.15) is 31.7 Å². The maximum Gasteiger partial charge on any atom is 0.0640 e. The van der Waals surface area contributed by atoms with Crippen molar-refractivity contribution in [2.75, 3.05) is 0 Å². The summed E-state index contributed by atoms with van der Waals surface area (Å²) >= 11 is 0. The van der Waals surface area contributed by atoms with E-state index >= 15 is 0 Å². The first-order valence-electron chi connectivity index (χ1n) is 5.10. The molecule has 0 aliphatic rings. The summed E-state index contributed by atoms with van der Waals surface area (Å²) in [4.78, 5) is 0. The van der Waals surface area contributed by atoms with Crippen LogP contribution in [0.25, 0.3) is 0 Å². The molecule has 0 spiro atoms. The SMILES string of the molecule is C/C=C/CC(O)C(C)c1ccccc1. The predicted molar refractivity (Wildman–Crippen MR) is 60.3 cm³/mol. The molecular weight excluding hydrogens is 172 g/mol. The van der Waals surface area contributed by atoms with Crippen molar-refractivity contribution in [1.82, 2.24) is 0 Å². The summed E-state index contributed by atoms with van der Waals surface area (Å²) in [5.74, 6) is 0.201. The van der Waals surface area contributed by atoms with Gasteiger partial charge in [0.1, 0.15) is 0 Å². The van der Waals surface area contributed by atoms with Crippen LogP contribution in [0.2, 0.25) is 0 Å². The molecule has 76 valence electrons. The summed E-state index contributed by atoms with van der Waals surface area (Å²) in [7, 11) is 0. The third-order valence-electron chi connectivity index (χ3n) is 2.52. The smallest absolute Gasteiger partial charge is 0.0640 e. The quantitative estimate of drug-likeness (QED) is 0.723. The van der Waals surface area contributed by atoms with Crippen LogP contribution in [0.3, 0.4) is 0 Å². The van der Waals surface area contributed by atoms with Crippen molar-refractivity contribution in [3.8, 4) is 0 Å². The van der Waals surface area contributed by atoms with Crippen LogP contribution in [-0.2, 0) is 0 Å². The molecule has 1 aromatic carbocycles. The van der Waals surface area contributed by atoms with Crippen LogP contribution in [0, 0.1) is 0 Å². The van der Waals surface area contributed by atoms with Crippen molar-refractivity contribution in [3.05, 3.63) is 48.0 Å². The molecule has 2 unspecified atom stereocenters. The van der Waals surface area contributed by atoms with E-state index in [1.54, 1.807) is 0 Å². The van der Waals surface area contributed by atoms with Gasteiger partial charge in [0.25, 0.3) is 0 Å². The van der Waals surface area contributed by atoms with Gasteiger partial charge in [0.05, 0.1) is 6.10 Å². The lowest BCUT2D eigenvalue weighted by Crippen LogP contribution is -2.14. The van der Waals surface area contributed by atoms with E-state index in [9.17, 15) is 5.11 Å². The second-order valence-electron chi connectivity index (χ2n) is 3.57. The number of rotatable bonds is 4. The topological polar surface area (TPSA) is 20.2 Å². The van der Waals surface area contributed by atoms with Gasteiger partial charge < -0.3 is 5.11 Å². The molecular formula is C13H18O. The number of hydrogen-bond donors (Lipinski definition) is 1. The van der Waals surface area contributed by atoms with E-state index in [0.29, 0.717) is 0 Å². The summed E-state index contributed by atoms with van der Waals surface area (Å²) in [6, 6.07) is 10.1. The number of aliphatic hydroxyl groups is 1. The zero-order valence-electron chi connectivity index (χ0n) is 8.85. The van der Waals surface area contributed by atoms with Crippen LogP contribution in [0.4, 0.5) is 0 Å². The maximum absolute atomic E-state index is 9.85. The summed E-state index contributed by atoms with van der Waals surface area (Å²) < 4.78 is 0. The van der Waals surface area contributed by atoms with E-state index in [1.165, 1.54) is 5.56 Å². The fourth-order valence-electron chi connectivity index (χ4n) is 1.46. The Morgan fingerprint density at radius 2 is 1.93 bits per heavy atom. The fourth-order valence-corrected chi connectivity index (χ4v) is 1.46. The second kappa shape index (κ2) is 5.61. The van der Waals surface area contributed by atoms with E-state index in [-0.39, 0.29) is 12.0 Å². The zero-order chi connectivity index (χ0) is 10.4. The number of allylic oxidation sites excluding steroid dienone is 1. The Morgan fingerprint density at radius 3 is 2.50 bits per heavy atom. The standard InChI is InChI=1S/C13H18O/c1-3-4-10-13(14)11(2)12-8-6-5-7-9-12/h3-9,11,13-14H,10H2,1-2H3/b4-3+. The molecule has 0 aliphatic carbocycles. The normalized spacial score (nSPS) is 15.6. The molecule has 14 heavy (non-hydrogen) atoms. The molecule has 1 rings (SSSR count). The van der Waals surface area contributed by atoms with E-state index in [4.69, 9.17) is 0 Å². The zero-order valence-corrected chi connectivity index (χ0v) is 8.85. The average Bonchev–Trinajstić information content (AvgIpc) is 2.26. The molecule has 1 heteroatoms. The Balaban J connectivity index is 2.61. The Kier molecular flexibility index (Phi) is 4.41. The highest BCUT2D eigenvalue weighted by atomic mass is 16.3. The molecule has 0 bridgehead atoms. The summed E-state index contributed by atoms with van der Waals surface area (Å²) in [6.07, 6.45) is 4.42. The van der Waals surface area contributed by atoms with Gasteiger partial charge in [-0.2, -0.15) is 0 Å². The van der Waals surface area contributed by atoms with Gasteiger partial charge in [0.2, 0.25) is 0 Å². The van der Waals surface area contributed by atoms with Crippen molar-refractivity contribution < 1.29 is 5.11 Å². The van der Waals surface area contributed by atoms with E-state index in [1.807, 2.05) is 37.3 Å². The van der Waals surface area contributed by atoms with Gasteiger partial charge in [0, 0.05) is 5.92 Å². The minimum Gasteiger partial charge on any atom is -0.392 e. The molecule has 0 heterocycles. The summed E-state index contributed by atoms with van der Waals surface area (Å²) in [5, 5.41) is 9.85. The third kappa shape index (κ3) is 3.00. The Bertz CT molecular complexity index is 277. The van der Waals surface area contributed by atoms with E-state index in [0.717, 1.165) is 6.42 Å². The monoisotopic (exact) mass is 190 g/mol. The molecule has 1 nitrogen and oxygen atoms in total. The Hall–Kier alpha value is -1.08. The molecule has 2 atom stereocenters. The highest BCUT2D eigenvalue weighted by Gasteiger charge is 2.13. The molecule has 0 aliphatic heterocycles. The van der Waals surface area contributed by atoms with Crippen LogP contribution in [0.5, 0.6) is 0 Å². The first-order valence-corrected chi connectivity index (χ1v) is 5.10. The largest absolute Gasteiger partial charge is 0.392 e. The molecule has 0 fully saturated rings. The maximum atomic E-state index is 9.85. The first kappa shape index (κ1) is 11.0. The summed E-state index contributed by atoms with van der Waals surface area (Å²) in [6.45, 7) is 4.03. The van der Waals surface area contributed by atoms with Crippen LogP contribution < -0.4 is 0 Å². The van der Waals surface area contributed by atoms with Gasteiger partial charge in [-0.05, 0) is 18.9 Å². The average molecular weight is 190 g/mol. The van der Waals surface area contributed by atoms with Crippen molar-refractivity contribution in [2.24, 2.45) is 0 Å². The fraction of sp³-hybridized carbons (Fsp3) is 0.385. The summed E-state index contributed by atoms with van der Waals surface area (Å²) in [5.41, 5.74) is 1.20. The Morgan fingerprint density at radius 1 is 1.29 bits per heavy atom. The van der Waals surface area contributed by atoms with Crippen molar-refractivity contribution >= 4 is 0 Å². The number of aliphatic hydroxyl groups excluding tert-OH is 1. The molecule has 1 aromatic rings. The van der Waals surface area contributed by atoms with Crippen LogP contribution >= 0.6 is 0 Å². The number of benzene rings is 1. The minimum absolute atomic E-state index is 0.201. The van der Waals surface area contributed by atoms with Crippen LogP contribution in [-0.4, -0.2) is 11.2 Å². The third-order valence-corrected chi connectivity index (χ3v) is 2.52. The van der Waals surface area contributed by atoms with Crippen molar-refractivity contribution in [1.29, 1.82) is 0 Å². The Labute approximate surface area is 86.1 Å². The van der Waals surface area contributed by atoms with Crippen molar-refractivity contribution in [2.45, 2.75) is 32.3 Å². The first-order chi connectivity index (χ1) is 6.75. The highest BCUT2D eigenvalue weighted by Crippen LogP contribution is 2.20. The molecule has 0 saturated carbocycles. The molecule has 1 N–H and O–H groups in total. The van der Waals surface area contributed by atoms with E-state index in [2.05, 4.69) is 19.1 Å². The van der Waals surface area contributed by atoms with Gasteiger partial charge in [-0.3, -0.25) is 0 Å². The van der Waals surface area contributed by atoms with Gasteiger partial charge >= 0.3 is 0 Å². The van der Waals surface area contributed by atoms with Gasteiger partial charge in [-0.1, -0.05) is 49.4 Å². The lowest BCUT2D eigenvalue weighted by atomic mass is 9.93. The van der Waals surface area contributed by atoms with Gasteiger partial charge in [-0.25, -0.2) is 0 Å². The van der Waals surface area contributed by atoms with Gasteiger partial charge in [0.15, 0.2) is 0 Å². The lowest BCUT2D eigenvalue weighted by Gasteiger charge is -2.17. The van der Waals surface area contributed by atoms with Crippen LogP contribution in [0.15, 0.2) is 42.5 Å². The molecule has 0 radical (unpaired) electrons. The van der Waals surface area contributed by atoms with E-state index < -0.39 is 0 Å². The predicted octanol–water partition coefficient (Wildman–Crippen LogP) is 3.12. The molecule has 0 aromatic heterocycles. The van der Waals surface area contributed by atoms with Crippen molar-refractivity contribution in [3.63, 3.8) is 0 Å². The molecule has 0 amide bonds. The molecule has 0 saturated heterocycles. The minimum atomic E-state index is -0.284.